The summed E-state index contributed by atoms with van der Waals surface area (Å²) in [5.41, 5.74) is 6.00. The Morgan fingerprint density at radius 1 is 1.12 bits per heavy atom. The summed E-state index contributed by atoms with van der Waals surface area (Å²) in [6.45, 7) is 0. The highest BCUT2D eigenvalue weighted by atomic mass is 19.1. The molecule has 0 bridgehead atoms. The number of nitrogens with one attached hydrogen (secondary N) is 1. The van der Waals surface area contributed by atoms with Gasteiger partial charge in [-0.1, -0.05) is 0 Å². The molecule has 0 saturated heterocycles. The van der Waals surface area contributed by atoms with E-state index in [0.717, 1.165) is 0 Å². The molecule has 3 N–H and O–H groups in total. The van der Waals surface area contributed by atoms with Gasteiger partial charge in [0.05, 0.1) is 5.69 Å². The van der Waals surface area contributed by atoms with Crippen molar-refractivity contribution in [3.05, 3.63) is 41.6 Å². The molecule has 0 fully saturated rings. The number of benzene rings is 1. The van der Waals surface area contributed by atoms with Crippen LogP contribution >= 0.6 is 0 Å². The van der Waals surface area contributed by atoms with E-state index in [-0.39, 0.29) is 23.2 Å². The third-order valence-corrected chi connectivity index (χ3v) is 1.82. The van der Waals surface area contributed by atoms with Gasteiger partial charge in [0.2, 0.25) is 0 Å². The molecule has 0 unspecified atom stereocenters. The first-order valence-electron chi connectivity index (χ1n) is 4.34. The summed E-state index contributed by atoms with van der Waals surface area (Å²) < 4.78 is 12.6. The Balaban J connectivity index is 2.19. The lowest BCUT2D eigenvalue weighted by Gasteiger charge is -1.93. The van der Waals surface area contributed by atoms with Crippen molar-refractivity contribution >= 4 is 11.5 Å². The smallest absolute Gasteiger partial charge is 0.198 e. The van der Waals surface area contributed by atoms with Crippen LogP contribution in [0.5, 0.6) is 0 Å². The molecule has 0 radical (unpaired) electrons. The second kappa shape index (κ2) is 3.97. The van der Waals surface area contributed by atoms with Gasteiger partial charge in [-0.15, -0.1) is 15.3 Å². The van der Waals surface area contributed by atoms with E-state index in [4.69, 9.17) is 11.1 Å². The number of nitrogens with zero attached hydrogens (tertiary/aromatic N) is 4. The van der Waals surface area contributed by atoms with Crippen molar-refractivity contribution in [3.63, 3.8) is 0 Å². The molecule has 1 aliphatic rings. The molecular formula is C9H7FN6. The van der Waals surface area contributed by atoms with E-state index in [1.165, 1.54) is 24.3 Å². The number of hydrogen-bond acceptors (Lipinski definition) is 5. The molecule has 0 spiro atoms. The van der Waals surface area contributed by atoms with Gasteiger partial charge in [0.15, 0.2) is 17.4 Å². The van der Waals surface area contributed by atoms with Gasteiger partial charge < -0.3 is 5.73 Å². The van der Waals surface area contributed by atoms with Gasteiger partial charge in [0, 0.05) is 0 Å². The summed E-state index contributed by atoms with van der Waals surface area (Å²) >= 11 is 0. The largest absolute Gasteiger partial charge is 0.380 e. The highest BCUT2D eigenvalue weighted by Gasteiger charge is 2.15. The van der Waals surface area contributed by atoms with Gasteiger partial charge in [-0.25, -0.2) is 4.39 Å². The van der Waals surface area contributed by atoms with Crippen LogP contribution in [0.1, 0.15) is 0 Å². The molecule has 0 atom stereocenters. The molecular weight excluding hydrogens is 211 g/mol. The SMILES string of the molecule is N=C1N=NC(N)=C1/N=N/c1ccc(F)cc1. The molecule has 0 amide bonds. The topological polar surface area (TPSA) is 99.3 Å². The zero-order valence-electron chi connectivity index (χ0n) is 8.05. The van der Waals surface area contributed by atoms with E-state index < -0.39 is 0 Å². The average molecular weight is 218 g/mol. The molecule has 80 valence electrons. The number of amidine groups is 1. The van der Waals surface area contributed by atoms with Gasteiger partial charge >= 0.3 is 0 Å². The lowest BCUT2D eigenvalue weighted by atomic mass is 10.3. The zero-order valence-corrected chi connectivity index (χ0v) is 8.05. The Bertz CT molecular complexity index is 513. The Morgan fingerprint density at radius 2 is 1.81 bits per heavy atom. The van der Waals surface area contributed by atoms with E-state index in [1.54, 1.807) is 0 Å². The Morgan fingerprint density at radius 3 is 2.38 bits per heavy atom. The van der Waals surface area contributed by atoms with Crippen LogP contribution in [0.3, 0.4) is 0 Å². The van der Waals surface area contributed by atoms with Crippen LogP contribution < -0.4 is 5.73 Å². The first-order valence-corrected chi connectivity index (χ1v) is 4.34. The third-order valence-electron chi connectivity index (χ3n) is 1.82. The lowest BCUT2D eigenvalue weighted by Crippen LogP contribution is -1.97. The summed E-state index contributed by atoms with van der Waals surface area (Å²) in [7, 11) is 0. The molecule has 0 aromatic heterocycles. The van der Waals surface area contributed by atoms with Crippen molar-refractivity contribution in [3.8, 4) is 0 Å². The second-order valence-corrected chi connectivity index (χ2v) is 2.96. The van der Waals surface area contributed by atoms with Crippen molar-refractivity contribution in [1.82, 2.24) is 0 Å². The van der Waals surface area contributed by atoms with Crippen LogP contribution in [0.4, 0.5) is 10.1 Å². The summed E-state index contributed by atoms with van der Waals surface area (Å²) in [6.07, 6.45) is 0. The first-order chi connectivity index (χ1) is 7.66. The average Bonchev–Trinajstić information content (AvgIpc) is 2.59. The van der Waals surface area contributed by atoms with Crippen LogP contribution in [0.15, 0.2) is 56.2 Å². The first kappa shape index (κ1) is 10.1. The monoisotopic (exact) mass is 218 g/mol. The summed E-state index contributed by atoms with van der Waals surface area (Å²) in [5, 5.41) is 21.7. The summed E-state index contributed by atoms with van der Waals surface area (Å²) in [5.74, 6) is -0.435. The highest BCUT2D eigenvalue weighted by Crippen LogP contribution is 2.18. The molecule has 0 aliphatic carbocycles. The second-order valence-electron chi connectivity index (χ2n) is 2.96. The van der Waals surface area contributed by atoms with E-state index in [9.17, 15) is 4.39 Å². The van der Waals surface area contributed by atoms with Gasteiger partial charge in [0.1, 0.15) is 5.82 Å². The Labute approximate surface area is 89.9 Å². The molecule has 2 rings (SSSR count). The Kier molecular flexibility index (Phi) is 2.50. The van der Waals surface area contributed by atoms with Crippen molar-refractivity contribution in [2.75, 3.05) is 0 Å². The molecule has 1 aromatic rings. The molecule has 1 aromatic carbocycles. The number of azo groups is 2. The third kappa shape index (κ3) is 1.97. The maximum Gasteiger partial charge on any atom is 0.198 e. The van der Waals surface area contributed by atoms with Crippen LogP contribution in [-0.2, 0) is 0 Å². The van der Waals surface area contributed by atoms with E-state index in [1.807, 2.05) is 0 Å². The molecule has 7 heteroatoms. The molecule has 16 heavy (non-hydrogen) atoms. The fraction of sp³-hybridized carbons (Fsp3) is 0. The van der Waals surface area contributed by atoms with Crippen LogP contribution in [0, 0.1) is 11.2 Å². The summed E-state index contributed by atoms with van der Waals surface area (Å²) in [4.78, 5) is 0. The molecule has 1 heterocycles. The maximum atomic E-state index is 12.6. The van der Waals surface area contributed by atoms with Gasteiger partial charge in [0.25, 0.3) is 0 Å². The summed E-state index contributed by atoms with van der Waals surface area (Å²) in [6, 6.07) is 5.45. The minimum Gasteiger partial charge on any atom is -0.380 e. The lowest BCUT2D eigenvalue weighted by molar-refractivity contribution is 0.628. The maximum absolute atomic E-state index is 12.6. The van der Waals surface area contributed by atoms with E-state index >= 15 is 0 Å². The van der Waals surface area contributed by atoms with Gasteiger partial charge in [-0.05, 0) is 24.3 Å². The van der Waals surface area contributed by atoms with E-state index in [0.29, 0.717) is 5.69 Å². The fourth-order valence-corrected chi connectivity index (χ4v) is 1.03. The minimum atomic E-state index is -0.351. The van der Waals surface area contributed by atoms with Crippen molar-refractivity contribution in [2.24, 2.45) is 26.2 Å². The van der Waals surface area contributed by atoms with Gasteiger partial charge in [-0.2, -0.15) is 5.11 Å². The minimum absolute atomic E-state index is 0.0517. The fourth-order valence-electron chi connectivity index (χ4n) is 1.03. The predicted molar refractivity (Wildman–Crippen MR) is 54.7 cm³/mol. The predicted octanol–water partition coefficient (Wildman–Crippen LogP) is 2.48. The quantitative estimate of drug-likeness (QED) is 0.732. The van der Waals surface area contributed by atoms with Crippen LogP contribution in [-0.4, -0.2) is 5.84 Å². The zero-order chi connectivity index (χ0) is 11.5. The standard InChI is InChI=1S/C9H7FN6/c10-5-1-3-6(4-2-5)13-14-7-8(11)15-16-9(7)12/h1-4,11H,12H2/b11-8?,14-13+. The number of rotatable bonds is 2. The van der Waals surface area contributed by atoms with Crippen LogP contribution in [0.25, 0.3) is 0 Å². The van der Waals surface area contributed by atoms with E-state index in [2.05, 4.69) is 20.5 Å². The molecule has 6 nitrogen and oxygen atoms in total. The molecule has 0 saturated carbocycles. The van der Waals surface area contributed by atoms with Crippen molar-refractivity contribution in [1.29, 1.82) is 5.41 Å². The van der Waals surface area contributed by atoms with Crippen LogP contribution in [0.2, 0.25) is 0 Å². The van der Waals surface area contributed by atoms with Crippen molar-refractivity contribution in [2.45, 2.75) is 0 Å². The highest BCUT2D eigenvalue weighted by molar-refractivity contribution is 5.97. The number of nitrogens with two attached hydrogens (primary N) is 1. The van der Waals surface area contributed by atoms with Gasteiger partial charge in [-0.3, -0.25) is 5.41 Å². The number of hydrogen-bond donors (Lipinski definition) is 2. The number of halogens is 1. The molecule has 1 aliphatic heterocycles. The normalized spacial score (nSPS) is 15.4. The van der Waals surface area contributed by atoms with Crippen molar-refractivity contribution < 1.29 is 4.39 Å². The Hall–Kier alpha value is -2.44.